The molecule has 0 unspecified atom stereocenters. The van der Waals surface area contributed by atoms with Crippen LogP contribution in [0.3, 0.4) is 0 Å². The van der Waals surface area contributed by atoms with Crippen molar-refractivity contribution in [1.82, 2.24) is 74.0 Å². The van der Waals surface area contributed by atoms with E-state index in [0.29, 0.717) is 32.2 Å². The Kier molecular flexibility index (Phi) is 40.8. The monoisotopic (exact) mass is 1480 g/mol. The molecule has 101 heavy (non-hydrogen) atoms. The molecule has 1 fully saturated rings. The molecule has 0 aromatic rings. The van der Waals surface area contributed by atoms with Gasteiger partial charge >= 0.3 is 17.9 Å². The van der Waals surface area contributed by atoms with E-state index in [1.807, 2.05) is 21.3 Å². The van der Waals surface area contributed by atoms with Gasteiger partial charge in [0.05, 0.1) is 64.6 Å². The number of carbonyl (C=O) groups is 19. The second kappa shape index (κ2) is 46.0. The van der Waals surface area contributed by atoms with Gasteiger partial charge in [-0.05, 0) is 50.5 Å². The molecule has 0 saturated carbocycles. The molecule has 13 atom stereocenters. The lowest BCUT2D eigenvalue weighted by atomic mass is 9.96. The zero-order valence-electron chi connectivity index (χ0n) is 55.9. The first kappa shape index (κ1) is 89.5. The first-order valence-electron chi connectivity index (χ1n) is 31.6. The summed E-state index contributed by atoms with van der Waals surface area (Å²) in [5.41, 5.74) is 21.6. The van der Waals surface area contributed by atoms with Crippen molar-refractivity contribution < 1.29 is 117 Å². The molecule has 1 rings (SSSR count). The molecule has 1 saturated heterocycles. The van der Waals surface area contributed by atoms with Crippen LogP contribution in [0.4, 0.5) is 0 Å². The normalized spacial score (nSPS) is 16.0. The van der Waals surface area contributed by atoms with Crippen LogP contribution in [0.25, 0.3) is 0 Å². The van der Waals surface area contributed by atoms with E-state index < -0.39 is 255 Å². The summed E-state index contributed by atoms with van der Waals surface area (Å²) in [5.74, 6) is -24.0. The van der Waals surface area contributed by atoms with Gasteiger partial charge in [0.1, 0.15) is 66.5 Å². The minimum Gasteiger partial charge on any atom is -0.481 e. The third-order valence-electron chi connectivity index (χ3n) is 15.0. The number of unbranched alkanes of at least 4 members (excludes halogenated alkanes) is 1. The summed E-state index contributed by atoms with van der Waals surface area (Å²) in [7, 11) is 0. The van der Waals surface area contributed by atoms with Gasteiger partial charge in [-0.2, -0.15) is 25.3 Å². The number of carboxylic acids is 3. The van der Waals surface area contributed by atoms with Crippen molar-refractivity contribution >= 4 is 138 Å². The first-order valence-corrected chi connectivity index (χ1v) is 32.9. The minimum atomic E-state index is -2.05. The van der Waals surface area contributed by atoms with Crippen LogP contribution in [-0.2, 0) is 91.1 Å². The highest BCUT2D eigenvalue weighted by molar-refractivity contribution is 7.80. The summed E-state index contributed by atoms with van der Waals surface area (Å²) in [6.45, 7) is 2.05. The number of carbonyl (C=O) groups excluding carboxylic acids is 16. The molecule has 1 aliphatic heterocycles. The summed E-state index contributed by atoms with van der Waals surface area (Å²) >= 11 is 8.08. The average Bonchev–Trinajstić information content (AvgIpc) is 1.80. The molecule has 42 nitrogen and oxygen atoms in total. The molecule has 44 heteroatoms. The lowest BCUT2D eigenvalue weighted by Gasteiger charge is -2.30. The molecule has 0 spiro atoms. The molecule has 16 amide bonds. The number of rotatable bonds is 48. The van der Waals surface area contributed by atoms with E-state index in [9.17, 15) is 117 Å². The Morgan fingerprint density at radius 3 is 1.40 bits per heavy atom. The number of nitrogens with two attached hydrogens (primary N) is 4. The molecule has 26 N–H and O–H groups in total. The van der Waals surface area contributed by atoms with E-state index in [2.05, 4.69) is 73.1 Å². The highest BCUT2D eigenvalue weighted by Gasteiger charge is 2.40. The Morgan fingerprint density at radius 1 is 0.485 bits per heavy atom. The largest absolute Gasteiger partial charge is 0.481 e. The van der Waals surface area contributed by atoms with Crippen LogP contribution in [0.5, 0.6) is 0 Å². The number of amides is 16. The van der Waals surface area contributed by atoms with Crippen molar-refractivity contribution in [1.29, 1.82) is 0 Å². The third kappa shape index (κ3) is 33.0. The van der Waals surface area contributed by atoms with Gasteiger partial charge in [-0.25, -0.2) is 4.79 Å². The van der Waals surface area contributed by atoms with Crippen LogP contribution in [0, 0.1) is 11.8 Å². The third-order valence-corrected chi connectivity index (χ3v) is 15.7. The molecule has 0 radical (unpaired) electrons. The number of aliphatic hydroxyl groups excluding tert-OH is 2. The SMILES string of the molecule is CC[C@H](C)[C@H](NC(=O)[C@H](CC(C)C)NC(=O)[C@@H]1CCCN1C(=O)CNC(=O)CNC(=O)[C@H](CO)NC(=O)[C@H](CC(=O)O)NC(=O)CNC(=O)[C@H](CC(N)=O)NC(=O)[C@H](CS)NC(=O)[C@H](CO)NC(=O)[C@H](CC(=O)O)NC(=O)[C@@H](N)CCCCN)C(=O)N[C@@H](CS)C(=O)N[C@@H](CC(N)=O)C(=O)O. The maximum absolute atomic E-state index is 13.9. The number of nitrogens with zero attached hydrogens (tertiary/aromatic N) is 1. The highest BCUT2D eigenvalue weighted by Crippen LogP contribution is 2.19. The number of thiol groups is 2. The number of aliphatic hydroxyl groups is 2. The zero-order chi connectivity index (χ0) is 77.0. The number of hydrogen-bond acceptors (Lipinski definition) is 25. The van der Waals surface area contributed by atoms with Crippen LogP contribution < -0.4 is 92.1 Å². The Bertz CT molecular complexity index is 2990. The number of nitrogens with one attached hydrogen (secondary N) is 13. The predicted octanol–water partition coefficient (Wildman–Crippen LogP) is -11.6. The van der Waals surface area contributed by atoms with E-state index in [1.54, 1.807) is 27.7 Å². The quantitative estimate of drug-likeness (QED) is 0.0199. The fourth-order valence-electron chi connectivity index (χ4n) is 9.33. The van der Waals surface area contributed by atoms with Gasteiger partial charge in [-0.15, -0.1) is 0 Å². The standard InChI is InChI=1S/C57H94N18O24S2/c1-5-26(4)45(56(97)73-36(24-101)54(95)69-32(57(98)99)15-39(61)79)74-51(92)28(13-25(2)3)68-55(96)37-10-8-12-75(37)42(82)20-62-40(80)18-63-48(89)33(21-76)70-49(90)30(16-43(83)84)65-41(81)19-64-47(88)29(14-38(60)78)67-53(94)35(23-100)72-52(93)34(22-77)71-50(91)31(17-44(85)86)66-46(87)27(59)9-6-7-11-58/h25-37,45,76-77,100-101H,5-24,58-59H2,1-4H3,(H2,60,78)(H2,61,79)(H,62,80)(H,63,89)(H,64,88)(H,65,81)(H,66,87)(H,67,94)(H,68,96)(H,69,95)(H,70,90)(H,71,91)(H,72,93)(H,73,97)(H,74,92)(H,83,84)(H,85,86)(H,98,99)/t26-,27-,28-,29-,30-,31-,32-,33-,34-,35-,36-,37-,45-/m0/s1. The molecule has 0 aromatic carbocycles. The predicted molar refractivity (Wildman–Crippen MR) is 355 cm³/mol. The molecule has 1 aliphatic rings. The summed E-state index contributed by atoms with van der Waals surface area (Å²) in [6, 6.07) is -19.4. The molecule has 0 bridgehead atoms. The van der Waals surface area contributed by atoms with Crippen LogP contribution in [-0.4, -0.2) is 273 Å². The molecular weight excluding hydrogens is 1380 g/mol. The number of primary amides is 2. The van der Waals surface area contributed by atoms with Gasteiger partial charge in [0.2, 0.25) is 94.5 Å². The Balaban J connectivity index is 3.01. The summed E-state index contributed by atoms with van der Waals surface area (Å²) in [4.78, 5) is 245. The van der Waals surface area contributed by atoms with Gasteiger partial charge in [0.25, 0.3) is 0 Å². The van der Waals surface area contributed by atoms with Crippen LogP contribution >= 0.6 is 25.3 Å². The Labute approximate surface area is 589 Å². The van der Waals surface area contributed by atoms with Gasteiger partial charge in [0, 0.05) is 18.1 Å². The maximum atomic E-state index is 13.9. The molecular formula is C57H94N18O24S2. The fourth-order valence-corrected chi connectivity index (χ4v) is 9.84. The maximum Gasteiger partial charge on any atom is 0.326 e. The highest BCUT2D eigenvalue weighted by atomic mass is 32.1. The molecule has 0 aromatic heterocycles. The Hall–Kier alpha value is -9.53. The minimum absolute atomic E-state index is 0.0229. The van der Waals surface area contributed by atoms with Crippen molar-refractivity contribution in [3.05, 3.63) is 0 Å². The van der Waals surface area contributed by atoms with Crippen molar-refractivity contribution in [2.24, 2.45) is 34.8 Å². The van der Waals surface area contributed by atoms with Crippen LogP contribution in [0.2, 0.25) is 0 Å². The van der Waals surface area contributed by atoms with Gasteiger partial charge < -0.3 is 122 Å². The topological polar surface area (TPSA) is 689 Å². The molecule has 568 valence electrons. The van der Waals surface area contributed by atoms with Gasteiger partial charge in [-0.1, -0.05) is 40.5 Å². The van der Waals surface area contributed by atoms with Crippen LogP contribution in [0.15, 0.2) is 0 Å². The number of aliphatic carboxylic acids is 3. The van der Waals surface area contributed by atoms with E-state index in [1.165, 1.54) is 0 Å². The van der Waals surface area contributed by atoms with Crippen molar-refractivity contribution in [3.63, 3.8) is 0 Å². The van der Waals surface area contributed by atoms with Crippen LogP contribution in [0.1, 0.15) is 98.3 Å². The van der Waals surface area contributed by atoms with E-state index in [4.69, 9.17) is 22.9 Å². The van der Waals surface area contributed by atoms with E-state index in [0.717, 1.165) is 4.90 Å². The number of likely N-dealkylation sites (tertiary alicyclic amines) is 1. The van der Waals surface area contributed by atoms with E-state index in [-0.39, 0.29) is 37.5 Å². The van der Waals surface area contributed by atoms with Crippen molar-refractivity contribution in [2.45, 2.75) is 171 Å². The summed E-state index contributed by atoms with van der Waals surface area (Å²) < 4.78 is 0. The zero-order valence-corrected chi connectivity index (χ0v) is 57.7. The summed E-state index contributed by atoms with van der Waals surface area (Å²) in [6.07, 6.45) is -2.06. The molecule has 1 heterocycles. The first-order chi connectivity index (χ1) is 47.4. The number of hydrogen-bond donors (Lipinski definition) is 24. The fraction of sp³-hybridized carbons (Fsp3) is 0.667. The molecule has 0 aliphatic carbocycles. The van der Waals surface area contributed by atoms with Crippen molar-refractivity contribution in [2.75, 3.05) is 57.4 Å². The lowest BCUT2D eigenvalue weighted by Crippen LogP contribution is -2.60. The second-order valence-corrected chi connectivity index (χ2v) is 24.3. The Morgan fingerprint density at radius 2 is 0.911 bits per heavy atom. The number of carboxylic acid groups (broad SMARTS) is 3. The van der Waals surface area contributed by atoms with Crippen molar-refractivity contribution in [3.8, 4) is 0 Å². The summed E-state index contributed by atoms with van der Waals surface area (Å²) in [5, 5.41) is 76.8. The second-order valence-electron chi connectivity index (χ2n) is 23.6. The van der Waals surface area contributed by atoms with Gasteiger partial charge in [0.15, 0.2) is 0 Å². The van der Waals surface area contributed by atoms with Gasteiger partial charge in [-0.3, -0.25) is 86.3 Å². The lowest BCUT2D eigenvalue weighted by molar-refractivity contribution is -0.143. The van der Waals surface area contributed by atoms with E-state index >= 15 is 0 Å². The smallest absolute Gasteiger partial charge is 0.326 e. The average molecular weight is 1480 g/mol.